The Morgan fingerprint density at radius 1 is 1.18 bits per heavy atom. The number of rotatable bonds is 7. The number of carboxylic acids is 1. The molecule has 0 saturated carbocycles. The smallest absolute Gasteiger partial charge is 0.469 e. The maximum absolute atomic E-state index is 11.0. The molecule has 11 heteroatoms. The monoisotopic (exact) mass is 274 g/mol. The molecule has 0 spiro atoms. The lowest BCUT2D eigenvalue weighted by Crippen LogP contribution is -2.45. The van der Waals surface area contributed by atoms with E-state index in [0.29, 0.717) is 0 Å². The summed E-state index contributed by atoms with van der Waals surface area (Å²) in [4.78, 5) is 37.6. The molecule has 0 aliphatic carbocycles. The van der Waals surface area contributed by atoms with Gasteiger partial charge in [0.15, 0.2) is 0 Å². The number of aliphatic carboxylic acids is 1. The van der Waals surface area contributed by atoms with Gasteiger partial charge in [-0.25, -0.2) is 9.36 Å². The lowest BCUT2D eigenvalue weighted by atomic mass is 10.1. The van der Waals surface area contributed by atoms with Gasteiger partial charge in [-0.05, 0) is 0 Å². The van der Waals surface area contributed by atoms with Crippen LogP contribution in [0, 0.1) is 0 Å². The standard InChI is InChI=1S/C6H11O10P/c7-2(1-16-17(13,14)15)3(8)4(9)5(10)6(11)12/h2-3,5,7-8,10H,1H2,(H,11,12)(H2,13,14,15). The van der Waals surface area contributed by atoms with Gasteiger partial charge in [0.05, 0.1) is 6.61 Å². The molecule has 10 nitrogen and oxygen atoms in total. The molecule has 0 radical (unpaired) electrons. The lowest BCUT2D eigenvalue weighted by Gasteiger charge is -2.17. The minimum Gasteiger partial charge on any atom is -0.479 e. The second-order valence-corrected chi connectivity index (χ2v) is 4.18. The zero-order valence-electron chi connectivity index (χ0n) is 8.20. The fourth-order valence-corrected chi connectivity index (χ4v) is 1.08. The van der Waals surface area contributed by atoms with E-state index in [1.165, 1.54) is 0 Å². The SMILES string of the molecule is O=C(O)C(O)C(=O)C(O)C(O)COP(=O)(O)O. The first-order chi connectivity index (χ1) is 7.56. The Morgan fingerprint density at radius 3 is 2.00 bits per heavy atom. The van der Waals surface area contributed by atoms with E-state index in [1.807, 2.05) is 0 Å². The minimum atomic E-state index is -4.89. The van der Waals surface area contributed by atoms with Crippen molar-refractivity contribution in [3.8, 4) is 0 Å². The van der Waals surface area contributed by atoms with Crippen molar-refractivity contribution in [3.63, 3.8) is 0 Å². The number of Topliss-reactive ketones (excluding diaryl/α,β-unsaturated/α-hetero) is 1. The van der Waals surface area contributed by atoms with Crippen LogP contribution >= 0.6 is 7.82 Å². The number of hydrogen-bond acceptors (Lipinski definition) is 7. The molecule has 0 saturated heterocycles. The van der Waals surface area contributed by atoms with E-state index in [9.17, 15) is 14.2 Å². The van der Waals surface area contributed by atoms with Gasteiger partial charge in [0, 0.05) is 0 Å². The van der Waals surface area contributed by atoms with Gasteiger partial charge in [0.2, 0.25) is 11.9 Å². The number of phosphoric acid groups is 1. The molecule has 0 amide bonds. The van der Waals surface area contributed by atoms with Crippen molar-refractivity contribution in [3.05, 3.63) is 0 Å². The van der Waals surface area contributed by atoms with Crippen molar-refractivity contribution >= 4 is 19.6 Å². The second-order valence-electron chi connectivity index (χ2n) is 2.94. The van der Waals surface area contributed by atoms with Crippen molar-refractivity contribution < 1.29 is 48.9 Å². The van der Waals surface area contributed by atoms with Crippen LogP contribution in [-0.2, 0) is 18.7 Å². The molecule has 3 unspecified atom stereocenters. The maximum Gasteiger partial charge on any atom is 0.469 e. The lowest BCUT2D eigenvalue weighted by molar-refractivity contribution is -0.158. The van der Waals surface area contributed by atoms with Gasteiger partial charge in [-0.3, -0.25) is 9.32 Å². The molecule has 100 valence electrons. The molecule has 17 heavy (non-hydrogen) atoms. The predicted octanol–water partition coefficient (Wildman–Crippen LogP) is -3.17. The summed E-state index contributed by atoms with van der Waals surface area (Å²) in [5.41, 5.74) is 0. The van der Waals surface area contributed by atoms with E-state index in [0.717, 1.165) is 0 Å². The van der Waals surface area contributed by atoms with Crippen LogP contribution < -0.4 is 0 Å². The average molecular weight is 274 g/mol. The van der Waals surface area contributed by atoms with Crippen molar-refractivity contribution in [1.82, 2.24) is 0 Å². The summed E-state index contributed by atoms with van der Waals surface area (Å²) in [7, 11) is -4.89. The average Bonchev–Trinajstić information content (AvgIpc) is 2.21. The van der Waals surface area contributed by atoms with E-state index < -0.39 is 44.5 Å². The highest BCUT2D eigenvalue weighted by Crippen LogP contribution is 2.35. The van der Waals surface area contributed by atoms with Crippen molar-refractivity contribution in [2.45, 2.75) is 18.3 Å². The summed E-state index contributed by atoms with van der Waals surface area (Å²) >= 11 is 0. The number of ketones is 1. The Bertz CT molecular complexity index is 334. The Hall–Kier alpha value is -0.870. The van der Waals surface area contributed by atoms with Crippen LogP contribution in [0.15, 0.2) is 0 Å². The molecule has 0 aliphatic heterocycles. The molecule has 6 N–H and O–H groups in total. The van der Waals surface area contributed by atoms with Crippen LogP contribution in [0.3, 0.4) is 0 Å². The first-order valence-electron chi connectivity index (χ1n) is 4.07. The summed E-state index contributed by atoms with van der Waals surface area (Å²) in [6, 6.07) is 0. The van der Waals surface area contributed by atoms with E-state index in [-0.39, 0.29) is 0 Å². The molecule has 0 aromatic heterocycles. The molecule has 3 atom stereocenters. The Morgan fingerprint density at radius 2 is 1.65 bits per heavy atom. The fraction of sp³-hybridized carbons (Fsp3) is 0.667. The summed E-state index contributed by atoms with van der Waals surface area (Å²) in [6.45, 7) is -1.11. The van der Waals surface area contributed by atoms with Crippen LogP contribution in [0.1, 0.15) is 0 Å². The molecule has 0 heterocycles. The normalized spacial score (nSPS) is 17.2. The van der Waals surface area contributed by atoms with Crippen LogP contribution in [0.5, 0.6) is 0 Å². The summed E-state index contributed by atoms with van der Waals surface area (Å²) in [5, 5.41) is 35.0. The van der Waals surface area contributed by atoms with Gasteiger partial charge < -0.3 is 30.2 Å². The van der Waals surface area contributed by atoms with Crippen LogP contribution in [0.4, 0.5) is 0 Å². The maximum atomic E-state index is 11.0. The zero-order valence-corrected chi connectivity index (χ0v) is 9.10. The quantitative estimate of drug-likeness (QED) is 0.204. The number of hydrogen-bond donors (Lipinski definition) is 6. The number of carbonyl (C=O) groups excluding carboxylic acids is 1. The molecular weight excluding hydrogens is 263 g/mol. The number of phosphoric ester groups is 1. The van der Waals surface area contributed by atoms with Crippen LogP contribution in [-0.4, -0.2) is 66.9 Å². The Kier molecular flexibility index (Phi) is 5.85. The van der Waals surface area contributed by atoms with Gasteiger partial charge >= 0.3 is 13.8 Å². The first kappa shape index (κ1) is 16.1. The third-order valence-electron chi connectivity index (χ3n) is 1.57. The highest BCUT2D eigenvalue weighted by Gasteiger charge is 2.34. The summed E-state index contributed by atoms with van der Waals surface area (Å²) in [5.74, 6) is -3.56. The number of carboxylic acid groups (broad SMARTS) is 1. The Labute approximate surface area is 94.3 Å². The van der Waals surface area contributed by atoms with Gasteiger partial charge in [0.25, 0.3) is 0 Å². The van der Waals surface area contributed by atoms with Gasteiger partial charge in [0.1, 0.15) is 12.2 Å². The molecule has 0 aromatic rings. The highest BCUT2D eigenvalue weighted by molar-refractivity contribution is 7.46. The fourth-order valence-electron chi connectivity index (χ4n) is 0.738. The number of aliphatic hydroxyl groups is 3. The summed E-state index contributed by atoms with van der Waals surface area (Å²) in [6.07, 6.45) is -6.97. The van der Waals surface area contributed by atoms with Crippen molar-refractivity contribution in [1.29, 1.82) is 0 Å². The molecule has 0 aromatic carbocycles. The zero-order chi connectivity index (χ0) is 13.8. The molecule has 0 rings (SSSR count). The van der Waals surface area contributed by atoms with Gasteiger partial charge in [-0.2, -0.15) is 0 Å². The summed E-state index contributed by atoms with van der Waals surface area (Å²) < 4.78 is 14.0. The second kappa shape index (κ2) is 6.17. The van der Waals surface area contributed by atoms with E-state index >= 15 is 0 Å². The number of carbonyl (C=O) groups is 2. The van der Waals surface area contributed by atoms with E-state index in [2.05, 4.69) is 4.52 Å². The largest absolute Gasteiger partial charge is 0.479 e. The van der Waals surface area contributed by atoms with Gasteiger partial charge in [-0.15, -0.1) is 0 Å². The van der Waals surface area contributed by atoms with Crippen LogP contribution in [0.2, 0.25) is 0 Å². The topological polar surface area (TPSA) is 182 Å². The molecule has 0 bridgehead atoms. The Balaban J connectivity index is 4.40. The van der Waals surface area contributed by atoms with Gasteiger partial charge in [-0.1, -0.05) is 0 Å². The third kappa shape index (κ3) is 5.84. The highest BCUT2D eigenvalue weighted by atomic mass is 31.2. The third-order valence-corrected chi connectivity index (χ3v) is 2.06. The number of aliphatic hydroxyl groups excluding tert-OH is 3. The molecule has 0 fully saturated rings. The van der Waals surface area contributed by atoms with Crippen molar-refractivity contribution in [2.24, 2.45) is 0 Å². The molecule has 0 aliphatic rings. The molecular formula is C6H11O10P. The first-order valence-corrected chi connectivity index (χ1v) is 5.60. The van der Waals surface area contributed by atoms with E-state index in [1.54, 1.807) is 0 Å². The van der Waals surface area contributed by atoms with Crippen LogP contribution in [0.25, 0.3) is 0 Å². The minimum absolute atomic E-state index is 1.11. The predicted molar refractivity (Wildman–Crippen MR) is 48.7 cm³/mol. The van der Waals surface area contributed by atoms with Crippen molar-refractivity contribution in [2.75, 3.05) is 6.61 Å². The van der Waals surface area contributed by atoms with E-state index in [4.69, 9.17) is 30.2 Å².